The highest BCUT2D eigenvalue weighted by Crippen LogP contribution is 2.43. The highest BCUT2D eigenvalue weighted by molar-refractivity contribution is 7.91. The van der Waals surface area contributed by atoms with Gasteiger partial charge in [0.1, 0.15) is 5.69 Å². The molecule has 0 bridgehead atoms. The number of halogens is 4. The fourth-order valence-corrected chi connectivity index (χ4v) is 8.47. The second-order valence-corrected chi connectivity index (χ2v) is 18.8. The van der Waals surface area contributed by atoms with Crippen molar-refractivity contribution in [2.75, 3.05) is 23.6 Å². The molecule has 4 heterocycles. The number of aromatic nitrogens is 2. The quantitative estimate of drug-likeness (QED) is 0.156. The van der Waals surface area contributed by atoms with Crippen molar-refractivity contribution >= 4 is 106 Å². The van der Waals surface area contributed by atoms with Gasteiger partial charge >= 0.3 is 0 Å². The second kappa shape index (κ2) is 16.3. The lowest BCUT2D eigenvalue weighted by Crippen LogP contribution is -2.09. The third-order valence-corrected chi connectivity index (χ3v) is 12.0. The molecular weight excluding hydrogens is 878 g/mol. The topological polar surface area (TPSA) is 175 Å². The molecule has 8 aromatic rings. The van der Waals surface area contributed by atoms with Crippen LogP contribution < -0.4 is 11.1 Å². The van der Waals surface area contributed by atoms with E-state index in [9.17, 15) is 21.6 Å². The predicted octanol–water partition coefficient (Wildman–Crippen LogP) is 11.3. The summed E-state index contributed by atoms with van der Waals surface area (Å²) in [6.45, 7) is 1.29. The van der Waals surface area contributed by atoms with Crippen LogP contribution in [-0.2, 0) is 24.5 Å². The molecule has 4 aromatic heterocycles. The minimum atomic E-state index is -3.77. The number of hydrogen-bond donors (Lipinski definition) is 2. The lowest BCUT2D eigenvalue weighted by Gasteiger charge is -2.11. The minimum Gasteiger partial charge on any atom is -0.424 e. The number of furan rings is 2. The molecule has 0 fully saturated rings. The van der Waals surface area contributed by atoms with Crippen molar-refractivity contribution in [1.82, 2.24) is 9.97 Å². The number of nitrogens with two attached hydrogens (primary N) is 1. The molecule has 17 heteroatoms. The Kier molecular flexibility index (Phi) is 11.6. The van der Waals surface area contributed by atoms with Crippen LogP contribution in [0.15, 0.2) is 128 Å². The minimum absolute atomic E-state index is 0.0333. The number of pyridine rings is 2. The number of benzene rings is 4. The van der Waals surface area contributed by atoms with Gasteiger partial charge in [-0.3, -0.25) is 4.79 Å². The van der Waals surface area contributed by atoms with Crippen molar-refractivity contribution in [3.8, 4) is 44.8 Å². The molecule has 3 N–H and O–H groups in total. The van der Waals surface area contributed by atoms with Crippen molar-refractivity contribution in [2.24, 2.45) is 0 Å². The molecule has 0 atom stereocenters. The van der Waals surface area contributed by atoms with Crippen LogP contribution in [0, 0.1) is 0 Å². The third-order valence-electron chi connectivity index (χ3n) is 8.88. The molecule has 1 amide bonds. The molecule has 0 spiro atoms. The Hall–Kier alpha value is -5.41. The van der Waals surface area contributed by atoms with Crippen molar-refractivity contribution in [2.45, 2.75) is 17.1 Å². The van der Waals surface area contributed by atoms with Crippen LogP contribution in [0.1, 0.15) is 6.92 Å². The molecule has 0 aliphatic heterocycles. The number of nitrogens with one attached hydrogen (secondary N) is 1. The maximum absolute atomic E-state index is 12.3. The molecule has 0 aliphatic carbocycles. The van der Waals surface area contributed by atoms with Gasteiger partial charge in [-0.15, -0.1) is 0 Å². The standard InChI is InChI=1S/C22H16Cl2N2O4S.C20H14Cl2N2O3S/c1-12(27)25-20-17-11-16(13-7-9-14(23)10-8-13)19(15-5-3-4-6-18(15)24)26-21(17)30-22(20)31(2,28)29;1-28(25,26)20-17(23)15-10-14(11-6-8-12(21)9-7-11)18(24-19(15)27-20)13-4-2-3-5-16(13)22/h3-11H,1-2H3,(H,25,27);2-10H,23H2,1H3. The molecule has 0 aliphatic rings. The Morgan fingerprint density at radius 2 is 1.00 bits per heavy atom. The number of nitrogens with zero attached hydrogens (tertiary/aromatic N) is 2. The molecule has 0 unspecified atom stereocenters. The fraction of sp³-hybridized carbons (Fsp3) is 0.0714. The SMILES string of the molecule is CC(=O)Nc1c(S(C)(=O)=O)oc2nc(-c3ccccc3Cl)c(-c3ccc(Cl)cc3)cc12.CS(=O)(=O)c1oc2nc(-c3ccccc3Cl)c(-c3ccc(Cl)cc3)cc2c1N. The summed E-state index contributed by atoms with van der Waals surface area (Å²) in [5.41, 5.74) is 11.7. The largest absolute Gasteiger partial charge is 0.424 e. The van der Waals surface area contributed by atoms with Gasteiger partial charge in [-0.05, 0) is 59.7 Å². The average molecular weight is 909 g/mol. The van der Waals surface area contributed by atoms with E-state index in [1.807, 2.05) is 54.6 Å². The van der Waals surface area contributed by atoms with E-state index in [4.69, 9.17) is 61.0 Å². The first kappa shape index (κ1) is 41.7. The van der Waals surface area contributed by atoms with E-state index in [-0.39, 0.29) is 33.0 Å². The first-order valence-corrected chi connectivity index (χ1v) is 22.6. The normalized spacial score (nSPS) is 11.7. The molecule has 11 nitrogen and oxygen atoms in total. The molecule has 4 aromatic carbocycles. The summed E-state index contributed by atoms with van der Waals surface area (Å²) in [6, 6.07) is 32.3. The van der Waals surface area contributed by atoms with Gasteiger partial charge in [0.25, 0.3) is 0 Å². The summed E-state index contributed by atoms with van der Waals surface area (Å²) in [5, 5.41) is 4.83. The molecule has 0 saturated carbocycles. The van der Waals surface area contributed by atoms with Gasteiger partial charge < -0.3 is 19.9 Å². The van der Waals surface area contributed by atoms with E-state index >= 15 is 0 Å². The Bertz CT molecular complexity index is 3170. The Morgan fingerprint density at radius 3 is 1.42 bits per heavy atom. The van der Waals surface area contributed by atoms with Gasteiger partial charge in [0.15, 0.2) is 0 Å². The van der Waals surface area contributed by atoms with Gasteiger partial charge in [0.05, 0.1) is 27.8 Å². The van der Waals surface area contributed by atoms with Crippen LogP contribution in [0.4, 0.5) is 11.4 Å². The van der Waals surface area contributed by atoms with Gasteiger partial charge in [-0.25, -0.2) is 26.8 Å². The van der Waals surface area contributed by atoms with E-state index in [1.54, 1.807) is 54.6 Å². The van der Waals surface area contributed by atoms with Crippen LogP contribution in [0.2, 0.25) is 20.1 Å². The maximum Gasteiger partial charge on any atom is 0.244 e. The monoisotopic (exact) mass is 906 g/mol. The van der Waals surface area contributed by atoms with Crippen molar-refractivity contribution in [3.05, 3.63) is 129 Å². The predicted molar refractivity (Wildman–Crippen MR) is 235 cm³/mol. The number of carbonyl (C=O) groups excluding carboxylic acids is 1. The fourth-order valence-electron chi connectivity index (χ4n) is 6.27. The van der Waals surface area contributed by atoms with Crippen LogP contribution in [0.25, 0.3) is 67.0 Å². The van der Waals surface area contributed by atoms with Crippen LogP contribution in [0.5, 0.6) is 0 Å². The number of carbonyl (C=O) groups is 1. The van der Waals surface area contributed by atoms with E-state index in [1.165, 1.54) is 6.92 Å². The van der Waals surface area contributed by atoms with Gasteiger partial charge in [0.2, 0.25) is 47.2 Å². The number of anilines is 2. The van der Waals surface area contributed by atoms with Crippen molar-refractivity contribution in [3.63, 3.8) is 0 Å². The summed E-state index contributed by atoms with van der Waals surface area (Å²) in [4.78, 5) is 20.9. The summed E-state index contributed by atoms with van der Waals surface area (Å²) in [7, 11) is -7.41. The average Bonchev–Trinajstić information content (AvgIpc) is 3.71. The Labute approximate surface area is 358 Å². The van der Waals surface area contributed by atoms with Gasteiger partial charge in [0, 0.05) is 61.8 Å². The second-order valence-electron chi connectivity index (χ2n) is 13.2. The Morgan fingerprint density at radius 1 is 0.593 bits per heavy atom. The summed E-state index contributed by atoms with van der Waals surface area (Å²) in [5.74, 6) is -0.434. The number of amides is 1. The van der Waals surface area contributed by atoms with E-state index in [2.05, 4.69) is 15.3 Å². The zero-order valence-corrected chi connectivity index (χ0v) is 35.7. The van der Waals surface area contributed by atoms with Crippen LogP contribution in [-0.4, -0.2) is 45.2 Å². The molecule has 59 heavy (non-hydrogen) atoms. The highest BCUT2D eigenvalue weighted by atomic mass is 35.5. The summed E-state index contributed by atoms with van der Waals surface area (Å²) in [6.07, 6.45) is 2.04. The lowest BCUT2D eigenvalue weighted by molar-refractivity contribution is -0.114. The third kappa shape index (κ3) is 8.67. The number of nitrogen functional groups attached to an aromatic ring is 1. The number of fused-ring (bicyclic) bond motifs is 2. The van der Waals surface area contributed by atoms with Crippen molar-refractivity contribution in [1.29, 1.82) is 0 Å². The zero-order chi connectivity index (χ0) is 42.4. The molecule has 0 radical (unpaired) electrons. The first-order chi connectivity index (χ1) is 27.9. The van der Waals surface area contributed by atoms with Crippen LogP contribution in [0.3, 0.4) is 0 Å². The van der Waals surface area contributed by atoms with E-state index in [0.717, 1.165) is 29.2 Å². The molecular formula is C42H30Cl4N4O7S2. The first-order valence-electron chi connectivity index (χ1n) is 17.3. The number of hydrogen-bond acceptors (Lipinski definition) is 10. The maximum atomic E-state index is 12.3. The number of rotatable bonds is 7. The van der Waals surface area contributed by atoms with E-state index in [0.29, 0.717) is 58.9 Å². The lowest BCUT2D eigenvalue weighted by atomic mass is 9.98. The zero-order valence-electron chi connectivity index (χ0n) is 31.1. The van der Waals surface area contributed by atoms with Crippen LogP contribution >= 0.6 is 46.4 Å². The summed E-state index contributed by atoms with van der Waals surface area (Å²) < 4.78 is 59.7. The summed E-state index contributed by atoms with van der Waals surface area (Å²) >= 11 is 24.9. The smallest absolute Gasteiger partial charge is 0.244 e. The number of sulfone groups is 2. The highest BCUT2D eigenvalue weighted by Gasteiger charge is 2.27. The molecule has 8 rings (SSSR count). The van der Waals surface area contributed by atoms with E-state index < -0.39 is 25.6 Å². The Balaban J connectivity index is 0.000000180. The molecule has 300 valence electrons. The van der Waals surface area contributed by atoms with Gasteiger partial charge in [-0.1, -0.05) is 107 Å². The molecule has 0 saturated heterocycles. The van der Waals surface area contributed by atoms with Crippen molar-refractivity contribution < 1.29 is 30.5 Å². The van der Waals surface area contributed by atoms with Gasteiger partial charge in [-0.2, -0.15) is 0 Å².